The van der Waals surface area contributed by atoms with Gasteiger partial charge in [-0.05, 0) is 50.7 Å². The largest absolute Gasteiger partial charge is 0.507 e. The zero-order valence-electron chi connectivity index (χ0n) is 15.1. The fourth-order valence-electron chi connectivity index (χ4n) is 4.39. The number of ether oxygens (including phenoxy) is 1. The number of thiazole rings is 1. The molecule has 1 aromatic carbocycles. The standard InChI is InChI=1S/C20H24N2O3S/c1-3-25-19(24)18-13-5-6-14(18)10-22(9-13)20-21-16(11-26-20)15-8-12(2)4-7-17(15)23/h4,7-8,11,13-14,18,23H,3,5-6,9-10H2,1-2H3. The molecule has 1 aliphatic heterocycles. The summed E-state index contributed by atoms with van der Waals surface area (Å²) in [5.74, 6) is 0.990. The minimum atomic E-state index is -0.0239. The molecule has 5 nitrogen and oxygen atoms in total. The zero-order valence-corrected chi connectivity index (χ0v) is 16.0. The minimum absolute atomic E-state index is 0.0239. The molecular weight excluding hydrogens is 348 g/mol. The predicted molar refractivity (Wildman–Crippen MR) is 103 cm³/mol. The third-order valence-corrected chi connectivity index (χ3v) is 6.48. The maximum atomic E-state index is 12.3. The normalized spacial score (nSPS) is 24.7. The van der Waals surface area contributed by atoms with Gasteiger partial charge in [-0.15, -0.1) is 11.3 Å². The van der Waals surface area contributed by atoms with E-state index in [0.29, 0.717) is 18.4 Å². The molecule has 0 amide bonds. The molecule has 2 atom stereocenters. The lowest BCUT2D eigenvalue weighted by atomic mass is 9.85. The summed E-state index contributed by atoms with van der Waals surface area (Å²) in [6, 6.07) is 5.57. The molecule has 6 heteroatoms. The van der Waals surface area contributed by atoms with E-state index in [4.69, 9.17) is 9.72 Å². The molecule has 2 aromatic rings. The summed E-state index contributed by atoms with van der Waals surface area (Å²) in [6.07, 6.45) is 2.17. The van der Waals surface area contributed by atoms with E-state index in [2.05, 4.69) is 4.90 Å². The van der Waals surface area contributed by atoms with Crippen molar-refractivity contribution < 1.29 is 14.6 Å². The monoisotopic (exact) mass is 372 g/mol. The van der Waals surface area contributed by atoms with Gasteiger partial charge in [0.1, 0.15) is 5.75 Å². The van der Waals surface area contributed by atoms with Crippen LogP contribution in [0.4, 0.5) is 5.13 Å². The van der Waals surface area contributed by atoms with E-state index in [0.717, 1.165) is 47.9 Å². The molecule has 2 heterocycles. The number of benzene rings is 1. The second kappa shape index (κ2) is 6.91. The highest BCUT2D eigenvalue weighted by Crippen LogP contribution is 2.44. The number of aryl methyl sites for hydroxylation is 1. The van der Waals surface area contributed by atoms with Crippen molar-refractivity contribution in [1.82, 2.24) is 4.98 Å². The van der Waals surface area contributed by atoms with Crippen molar-refractivity contribution in [3.8, 4) is 17.0 Å². The number of esters is 1. The van der Waals surface area contributed by atoms with Gasteiger partial charge in [0.25, 0.3) is 0 Å². The van der Waals surface area contributed by atoms with Crippen LogP contribution < -0.4 is 4.90 Å². The first-order valence-electron chi connectivity index (χ1n) is 9.24. The minimum Gasteiger partial charge on any atom is -0.507 e. The van der Waals surface area contributed by atoms with E-state index in [9.17, 15) is 9.90 Å². The number of anilines is 1. The van der Waals surface area contributed by atoms with Crippen LogP contribution in [0.5, 0.6) is 5.75 Å². The first-order valence-corrected chi connectivity index (χ1v) is 10.1. The molecule has 2 fully saturated rings. The number of hydrogen-bond acceptors (Lipinski definition) is 6. The second-order valence-corrected chi connectivity index (χ2v) is 8.15. The highest BCUT2D eigenvalue weighted by molar-refractivity contribution is 7.14. The van der Waals surface area contributed by atoms with Crippen molar-refractivity contribution in [2.24, 2.45) is 17.8 Å². The summed E-state index contributed by atoms with van der Waals surface area (Å²) < 4.78 is 5.29. The highest BCUT2D eigenvalue weighted by atomic mass is 32.1. The van der Waals surface area contributed by atoms with Crippen LogP contribution in [0.2, 0.25) is 0 Å². The van der Waals surface area contributed by atoms with Crippen molar-refractivity contribution in [2.45, 2.75) is 26.7 Å². The molecule has 1 aromatic heterocycles. The van der Waals surface area contributed by atoms with Crippen molar-refractivity contribution in [3.63, 3.8) is 0 Å². The van der Waals surface area contributed by atoms with Gasteiger partial charge >= 0.3 is 5.97 Å². The van der Waals surface area contributed by atoms with E-state index < -0.39 is 0 Å². The topological polar surface area (TPSA) is 62.7 Å². The molecule has 1 saturated carbocycles. The summed E-state index contributed by atoms with van der Waals surface area (Å²) in [6.45, 7) is 6.04. The van der Waals surface area contributed by atoms with Crippen LogP contribution in [0, 0.1) is 24.7 Å². The molecule has 138 valence electrons. The predicted octanol–water partition coefficient (Wildman–Crippen LogP) is 3.85. The van der Waals surface area contributed by atoms with Gasteiger partial charge in [0, 0.05) is 24.0 Å². The van der Waals surface area contributed by atoms with Gasteiger partial charge in [-0.3, -0.25) is 4.79 Å². The summed E-state index contributed by atoms with van der Waals surface area (Å²) in [5.41, 5.74) is 2.68. The number of carbonyl (C=O) groups is 1. The van der Waals surface area contributed by atoms with E-state index >= 15 is 0 Å². The third kappa shape index (κ3) is 3.07. The highest BCUT2D eigenvalue weighted by Gasteiger charge is 2.47. The molecule has 1 N–H and O–H groups in total. The Morgan fingerprint density at radius 1 is 1.35 bits per heavy atom. The van der Waals surface area contributed by atoms with Crippen LogP contribution in [0.1, 0.15) is 25.3 Å². The first kappa shape index (κ1) is 17.3. The molecule has 1 aliphatic carbocycles. The number of phenols is 1. The van der Waals surface area contributed by atoms with Crippen LogP contribution in [-0.4, -0.2) is 35.8 Å². The molecule has 4 rings (SSSR count). The summed E-state index contributed by atoms with van der Waals surface area (Å²) in [7, 11) is 0. The average molecular weight is 372 g/mol. The van der Waals surface area contributed by atoms with Gasteiger partial charge in [0.05, 0.1) is 18.2 Å². The number of carbonyl (C=O) groups excluding carboxylic acids is 1. The van der Waals surface area contributed by atoms with Crippen molar-refractivity contribution in [3.05, 3.63) is 29.1 Å². The summed E-state index contributed by atoms with van der Waals surface area (Å²) >= 11 is 1.60. The van der Waals surface area contributed by atoms with Gasteiger partial charge in [0.15, 0.2) is 5.13 Å². The molecular formula is C20H24N2O3S. The van der Waals surface area contributed by atoms with E-state index in [1.165, 1.54) is 0 Å². The summed E-state index contributed by atoms with van der Waals surface area (Å²) in [4.78, 5) is 19.4. The van der Waals surface area contributed by atoms with Crippen molar-refractivity contribution in [2.75, 3.05) is 24.6 Å². The quantitative estimate of drug-likeness (QED) is 0.826. The van der Waals surface area contributed by atoms with Crippen LogP contribution in [0.25, 0.3) is 11.3 Å². The number of phenolic OH excluding ortho intramolecular Hbond substituents is 1. The Balaban J connectivity index is 1.53. The zero-order chi connectivity index (χ0) is 18.3. The molecule has 26 heavy (non-hydrogen) atoms. The van der Waals surface area contributed by atoms with Gasteiger partial charge in [-0.25, -0.2) is 4.98 Å². The number of fused-ring (bicyclic) bond motifs is 2. The number of rotatable bonds is 4. The van der Waals surface area contributed by atoms with Crippen LogP contribution in [0.3, 0.4) is 0 Å². The average Bonchev–Trinajstić information content (AvgIpc) is 3.20. The Morgan fingerprint density at radius 2 is 2.08 bits per heavy atom. The molecule has 2 bridgehead atoms. The Hall–Kier alpha value is -2.08. The van der Waals surface area contributed by atoms with Crippen LogP contribution in [0.15, 0.2) is 23.6 Å². The number of piperidine rings is 1. The van der Waals surface area contributed by atoms with Gasteiger partial charge in [0.2, 0.25) is 0 Å². The van der Waals surface area contributed by atoms with Gasteiger partial charge in [-0.1, -0.05) is 11.6 Å². The maximum absolute atomic E-state index is 12.3. The fourth-order valence-corrected chi connectivity index (χ4v) is 5.24. The number of aromatic hydroxyl groups is 1. The van der Waals surface area contributed by atoms with E-state index in [-0.39, 0.29) is 17.6 Å². The Labute approximate surface area is 157 Å². The Bertz CT molecular complexity index is 805. The van der Waals surface area contributed by atoms with Crippen molar-refractivity contribution in [1.29, 1.82) is 0 Å². The van der Waals surface area contributed by atoms with E-state index in [1.54, 1.807) is 17.4 Å². The molecule has 1 saturated heterocycles. The fraction of sp³-hybridized carbons (Fsp3) is 0.500. The maximum Gasteiger partial charge on any atom is 0.309 e. The number of aromatic nitrogens is 1. The first-order chi connectivity index (χ1) is 12.6. The SMILES string of the molecule is CCOC(=O)C1C2CCC1CN(c1nc(-c3cc(C)ccc3O)cs1)C2. The Kier molecular flexibility index (Phi) is 4.61. The molecule has 2 unspecified atom stereocenters. The third-order valence-electron chi connectivity index (χ3n) is 5.58. The van der Waals surface area contributed by atoms with Crippen molar-refractivity contribution >= 4 is 22.4 Å². The lowest BCUT2D eigenvalue weighted by Crippen LogP contribution is -2.45. The Morgan fingerprint density at radius 3 is 2.77 bits per heavy atom. The molecule has 2 aliphatic rings. The van der Waals surface area contributed by atoms with E-state index in [1.807, 2.05) is 31.4 Å². The van der Waals surface area contributed by atoms with Gasteiger partial charge < -0.3 is 14.7 Å². The number of nitrogens with zero attached hydrogens (tertiary/aromatic N) is 2. The second-order valence-electron chi connectivity index (χ2n) is 7.32. The lowest BCUT2D eigenvalue weighted by molar-refractivity contribution is -0.151. The van der Waals surface area contributed by atoms with Crippen LogP contribution in [-0.2, 0) is 9.53 Å². The van der Waals surface area contributed by atoms with Gasteiger partial charge in [-0.2, -0.15) is 0 Å². The molecule has 0 radical (unpaired) electrons. The smallest absolute Gasteiger partial charge is 0.309 e. The number of hydrogen-bond donors (Lipinski definition) is 1. The molecule has 0 spiro atoms. The van der Waals surface area contributed by atoms with Crippen LogP contribution >= 0.6 is 11.3 Å². The lowest BCUT2D eigenvalue weighted by Gasteiger charge is -2.36. The summed E-state index contributed by atoms with van der Waals surface area (Å²) in [5, 5.41) is 13.1.